The molecule has 0 bridgehead atoms. The van der Waals surface area contributed by atoms with Crippen LogP contribution >= 0.6 is 11.6 Å². The molecule has 1 N–H and O–H groups in total. The molecule has 0 aliphatic carbocycles. The molecule has 0 spiro atoms. The van der Waals surface area contributed by atoms with Gasteiger partial charge in [0.2, 0.25) is 5.91 Å². The monoisotopic (exact) mass is 480 g/mol. The maximum atomic E-state index is 13.4. The van der Waals surface area contributed by atoms with Crippen LogP contribution in [-0.4, -0.2) is 49.0 Å². The lowest BCUT2D eigenvalue weighted by atomic mass is 10.0. The number of nitro benzene ring substituents is 1. The van der Waals surface area contributed by atoms with Gasteiger partial charge in [-0.05, 0) is 29.8 Å². The van der Waals surface area contributed by atoms with Gasteiger partial charge >= 0.3 is 0 Å². The summed E-state index contributed by atoms with van der Waals surface area (Å²) in [6.07, 6.45) is 0. The highest BCUT2D eigenvalue weighted by Crippen LogP contribution is 2.30. The van der Waals surface area contributed by atoms with Crippen molar-refractivity contribution in [3.05, 3.63) is 93.5 Å². The van der Waals surface area contributed by atoms with Crippen molar-refractivity contribution in [3.8, 4) is 5.75 Å². The number of non-ortho nitro benzene ring substituents is 1. The predicted molar refractivity (Wildman–Crippen MR) is 133 cm³/mol. The number of benzene rings is 3. The number of hydrogen-bond acceptors (Lipinski definition) is 6. The van der Waals surface area contributed by atoms with Gasteiger partial charge in [-0.2, -0.15) is 0 Å². The second-order valence-electron chi connectivity index (χ2n) is 7.95. The first kappa shape index (κ1) is 23.5. The number of halogens is 1. The molecule has 176 valence electrons. The number of amides is 1. The third kappa shape index (κ3) is 5.30. The molecule has 3 aromatic rings. The maximum Gasteiger partial charge on any atom is 0.271 e. The minimum Gasteiger partial charge on any atom is -0.495 e. The fraction of sp³-hybridized carbons (Fsp3) is 0.240. The van der Waals surface area contributed by atoms with Crippen LogP contribution in [0.15, 0.2) is 72.8 Å². The first-order valence-corrected chi connectivity index (χ1v) is 11.3. The number of nitrogens with zero attached hydrogens (tertiary/aromatic N) is 3. The van der Waals surface area contributed by atoms with Crippen LogP contribution in [0.5, 0.6) is 5.75 Å². The van der Waals surface area contributed by atoms with Crippen molar-refractivity contribution in [1.82, 2.24) is 4.90 Å². The molecule has 1 heterocycles. The normalized spacial score (nSPS) is 14.9. The molecule has 1 aliphatic heterocycles. The third-order valence-corrected chi connectivity index (χ3v) is 6.16. The van der Waals surface area contributed by atoms with E-state index in [2.05, 4.69) is 15.1 Å². The summed E-state index contributed by atoms with van der Waals surface area (Å²) >= 11 is 6.23. The zero-order valence-electron chi connectivity index (χ0n) is 18.7. The Balaban J connectivity index is 1.51. The molecule has 0 radical (unpaired) electrons. The standard InChI is InChI=1S/C25H25ClN4O4/c1-34-23-11-10-19(16-22(23)26)27-25(31)24(18-6-3-2-4-7-18)29-14-12-28(13-15-29)20-8-5-9-21(17-20)30(32)33/h2-11,16-17,24H,12-15H2,1H3,(H,27,31). The van der Waals surface area contributed by atoms with Gasteiger partial charge in [0.05, 0.1) is 17.1 Å². The highest BCUT2D eigenvalue weighted by molar-refractivity contribution is 6.32. The van der Waals surface area contributed by atoms with E-state index in [-0.39, 0.29) is 16.5 Å². The molecule has 1 aliphatic rings. The molecule has 1 saturated heterocycles. The largest absolute Gasteiger partial charge is 0.495 e. The van der Waals surface area contributed by atoms with E-state index in [1.165, 1.54) is 13.2 Å². The number of methoxy groups -OCH3 is 1. The minimum absolute atomic E-state index is 0.0691. The van der Waals surface area contributed by atoms with Gasteiger partial charge in [0.25, 0.3) is 5.69 Å². The van der Waals surface area contributed by atoms with E-state index < -0.39 is 6.04 Å². The summed E-state index contributed by atoms with van der Waals surface area (Å²) in [6.45, 7) is 2.54. The van der Waals surface area contributed by atoms with E-state index in [9.17, 15) is 14.9 Å². The molecule has 1 fully saturated rings. The Morgan fingerprint density at radius 2 is 1.76 bits per heavy atom. The Kier molecular flexibility index (Phi) is 7.30. The first-order valence-electron chi connectivity index (χ1n) is 10.9. The van der Waals surface area contributed by atoms with Crippen molar-refractivity contribution >= 4 is 34.6 Å². The molecule has 8 nitrogen and oxygen atoms in total. The molecule has 3 aromatic carbocycles. The molecule has 4 rings (SSSR count). The van der Waals surface area contributed by atoms with Gasteiger partial charge in [-0.1, -0.05) is 48.0 Å². The second-order valence-corrected chi connectivity index (χ2v) is 8.36. The molecule has 0 saturated carbocycles. The van der Waals surface area contributed by atoms with Gasteiger partial charge in [-0.3, -0.25) is 19.8 Å². The van der Waals surface area contributed by atoms with Crippen molar-refractivity contribution < 1.29 is 14.5 Å². The van der Waals surface area contributed by atoms with Gasteiger partial charge in [-0.25, -0.2) is 0 Å². The highest BCUT2D eigenvalue weighted by Gasteiger charge is 2.31. The summed E-state index contributed by atoms with van der Waals surface area (Å²) in [5.74, 6) is 0.382. The average molecular weight is 481 g/mol. The molecule has 1 amide bonds. The van der Waals surface area contributed by atoms with Crippen LogP contribution in [0.25, 0.3) is 0 Å². The first-order chi connectivity index (χ1) is 16.5. The Morgan fingerprint density at radius 3 is 2.41 bits per heavy atom. The second kappa shape index (κ2) is 10.5. The lowest BCUT2D eigenvalue weighted by Gasteiger charge is -2.39. The number of ether oxygens (including phenoxy) is 1. The van der Waals surface area contributed by atoms with Gasteiger partial charge in [0, 0.05) is 49.7 Å². The lowest BCUT2D eigenvalue weighted by molar-refractivity contribution is -0.384. The minimum atomic E-state index is -0.491. The summed E-state index contributed by atoms with van der Waals surface area (Å²) in [5, 5.41) is 14.5. The summed E-state index contributed by atoms with van der Waals surface area (Å²) in [7, 11) is 1.54. The Labute approximate surface area is 202 Å². The number of nitro groups is 1. The summed E-state index contributed by atoms with van der Waals surface area (Å²) < 4.78 is 5.19. The number of rotatable bonds is 7. The van der Waals surface area contributed by atoms with Crippen LogP contribution in [0.2, 0.25) is 5.02 Å². The molecule has 9 heteroatoms. The number of nitrogens with one attached hydrogen (secondary N) is 1. The Hall–Kier alpha value is -3.62. The van der Waals surface area contributed by atoms with Crippen molar-refractivity contribution in [2.45, 2.75) is 6.04 Å². The average Bonchev–Trinajstić information content (AvgIpc) is 2.85. The van der Waals surface area contributed by atoms with Gasteiger partial charge < -0.3 is 15.0 Å². The molecular weight excluding hydrogens is 456 g/mol. The maximum absolute atomic E-state index is 13.4. The van der Waals surface area contributed by atoms with E-state index in [1.54, 1.807) is 30.3 Å². The van der Waals surface area contributed by atoms with E-state index >= 15 is 0 Å². The van der Waals surface area contributed by atoms with Crippen LogP contribution in [0.4, 0.5) is 17.1 Å². The molecule has 34 heavy (non-hydrogen) atoms. The van der Waals surface area contributed by atoms with Crippen LogP contribution in [0.1, 0.15) is 11.6 Å². The van der Waals surface area contributed by atoms with E-state index in [0.717, 1.165) is 11.3 Å². The van der Waals surface area contributed by atoms with Crippen molar-refractivity contribution in [2.24, 2.45) is 0 Å². The van der Waals surface area contributed by atoms with Crippen molar-refractivity contribution in [1.29, 1.82) is 0 Å². The fourth-order valence-electron chi connectivity index (χ4n) is 4.16. The third-order valence-electron chi connectivity index (χ3n) is 5.87. The summed E-state index contributed by atoms with van der Waals surface area (Å²) in [6, 6.07) is 20.9. The molecule has 1 atom stereocenters. The van der Waals surface area contributed by atoms with Gasteiger partial charge in [-0.15, -0.1) is 0 Å². The van der Waals surface area contributed by atoms with Crippen molar-refractivity contribution in [3.63, 3.8) is 0 Å². The Bertz CT molecular complexity index is 1170. The van der Waals surface area contributed by atoms with Crippen LogP contribution in [0, 0.1) is 10.1 Å². The SMILES string of the molecule is COc1ccc(NC(=O)C(c2ccccc2)N2CCN(c3cccc([N+](=O)[O-])c3)CC2)cc1Cl. The van der Waals surface area contributed by atoms with Crippen LogP contribution in [-0.2, 0) is 4.79 Å². The number of anilines is 2. The lowest BCUT2D eigenvalue weighted by Crippen LogP contribution is -2.50. The molecular formula is C25H25ClN4O4. The number of piperazine rings is 1. The zero-order valence-corrected chi connectivity index (χ0v) is 19.4. The summed E-state index contributed by atoms with van der Waals surface area (Å²) in [5.41, 5.74) is 2.36. The smallest absolute Gasteiger partial charge is 0.271 e. The van der Waals surface area contributed by atoms with E-state index in [1.807, 2.05) is 36.4 Å². The quantitative estimate of drug-likeness (QED) is 0.387. The number of hydrogen-bond donors (Lipinski definition) is 1. The fourth-order valence-corrected chi connectivity index (χ4v) is 4.42. The Morgan fingerprint density at radius 1 is 1.03 bits per heavy atom. The molecule has 0 aromatic heterocycles. The van der Waals surface area contributed by atoms with Crippen LogP contribution in [0.3, 0.4) is 0 Å². The van der Waals surface area contributed by atoms with E-state index in [0.29, 0.717) is 42.6 Å². The van der Waals surface area contributed by atoms with E-state index in [4.69, 9.17) is 16.3 Å². The number of carbonyl (C=O) groups is 1. The summed E-state index contributed by atoms with van der Waals surface area (Å²) in [4.78, 5) is 28.4. The van der Waals surface area contributed by atoms with Crippen LogP contribution < -0.4 is 15.0 Å². The van der Waals surface area contributed by atoms with Crippen molar-refractivity contribution in [2.75, 3.05) is 43.5 Å². The highest BCUT2D eigenvalue weighted by atomic mass is 35.5. The topological polar surface area (TPSA) is 88.0 Å². The zero-order chi connectivity index (χ0) is 24.1. The van der Waals surface area contributed by atoms with Gasteiger partial charge in [0.15, 0.2) is 0 Å². The predicted octanol–water partition coefficient (Wildman–Crippen LogP) is 4.76. The number of carbonyl (C=O) groups excluding carboxylic acids is 1. The van der Waals surface area contributed by atoms with Gasteiger partial charge in [0.1, 0.15) is 11.8 Å². The molecule has 1 unspecified atom stereocenters.